The van der Waals surface area contributed by atoms with Crippen LogP contribution >= 0.6 is 0 Å². The van der Waals surface area contributed by atoms with E-state index in [-0.39, 0.29) is 36.4 Å². The van der Waals surface area contributed by atoms with E-state index in [4.69, 9.17) is 0 Å². The number of H-pyrrole nitrogens is 1. The summed E-state index contributed by atoms with van der Waals surface area (Å²) in [5, 5.41) is 6.26. The molecule has 3 aromatic rings. The molecule has 5 rings (SSSR count). The van der Waals surface area contributed by atoms with Crippen molar-refractivity contribution in [1.82, 2.24) is 15.2 Å². The molecule has 3 N–H and O–H groups in total. The molecular weight excluding hydrogens is 399 g/mol. The molecule has 0 saturated heterocycles. The number of amides is 3. The lowest BCUT2D eigenvalue weighted by atomic mass is 10.0. The summed E-state index contributed by atoms with van der Waals surface area (Å²) < 4.78 is 13.7. The zero-order chi connectivity index (χ0) is 21.5. The van der Waals surface area contributed by atoms with E-state index in [0.717, 1.165) is 22.2 Å². The Morgan fingerprint density at radius 2 is 2.00 bits per heavy atom. The van der Waals surface area contributed by atoms with Gasteiger partial charge in [0.05, 0.1) is 11.3 Å². The van der Waals surface area contributed by atoms with Crippen molar-refractivity contribution < 1.29 is 18.8 Å². The van der Waals surface area contributed by atoms with Crippen molar-refractivity contribution >= 4 is 34.3 Å². The first-order chi connectivity index (χ1) is 15.0. The fourth-order valence-corrected chi connectivity index (χ4v) is 4.34. The molecule has 158 valence electrons. The van der Waals surface area contributed by atoms with Crippen molar-refractivity contribution in [3.05, 3.63) is 65.1 Å². The van der Waals surface area contributed by atoms with Crippen molar-refractivity contribution in [2.24, 2.45) is 0 Å². The first-order valence-electron chi connectivity index (χ1n) is 10.3. The maximum Gasteiger partial charge on any atom is 0.254 e. The van der Waals surface area contributed by atoms with Crippen LogP contribution in [0.5, 0.6) is 0 Å². The second-order valence-electron chi connectivity index (χ2n) is 7.94. The van der Waals surface area contributed by atoms with E-state index < -0.39 is 6.04 Å². The predicted octanol–water partition coefficient (Wildman–Crippen LogP) is 2.72. The summed E-state index contributed by atoms with van der Waals surface area (Å²) in [5.41, 5.74) is 3.69. The Hall–Kier alpha value is -3.68. The number of hydrogen-bond acceptors (Lipinski definition) is 3. The lowest BCUT2D eigenvalue weighted by Gasteiger charge is -2.28. The molecule has 2 aliphatic heterocycles. The van der Waals surface area contributed by atoms with Crippen LogP contribution in [0.15, 0.2) is 42.5 Å². The summed E-state index contributed by atoms with van der Waals surface area (Å²) in [6.07, 6.45) is 0.990. The van der Waals surface area contributed by atoms with Gasteiger partial charge in [0, 0.05) is 48.1 Å². The van der Waals surface area contributed by atoms with Gasteiger partial charge in [-0.25, -0.2) is 4.39 Å². The average Bonchev–Trinajstić information content (AvgIpc) is 3.07. The molecule has 3 amide bonds. The van der Waals surface area contributed by atoms with Crippen LogP contribution in [-0.4, -0.2) is 40.2 Å². The molecular formula is C23H21FN4O3. The summed E-state index contributed by atoms with van der Waals surface area (Å²) in [7, 11) is 0. The van der Waals surface area contributed by atoms with E-state index in [1.165, 1.54) is 12.1 Å². The highest BCUT2D eigenvalue weighted by Crippen LogP contribution is 2.29. The molecule has 0 aliphatic carbocycles. The minimum atomic E-state index is -0.786. The minimum absolute atomic E-state index is 0.0970. The van der Waals surface area contributed by atoms with Crippen LogP contribution in [-0.2, 0) is 22.6 Å². The van der Waals surface area contributed by atoms with Crippen LogP contribution in [0.2, 0.25) is 0 Å². The number of carbonyl (C=O) groups excluding carboxylic acids is 3. The van der Waals surface area contributed by atoms with E-state index in [2.05, 4.69) is 15.6 Å². The number of nitrogens with zero attached hydrogens (tertiary/aromatic N) is 1. The van der Waals surface area contributed by atoms with E-state index in [1.54, 1.807) is 35.2 Å². The molecule has 1 aromatic heterocycles. The molecule has 31 heavy (non-hydrogen) atoms. The first kappa shape index (κ1) is 19.3. The van der Waals surface area contributed by atoms with Crippen LogP contribution in [0.3, 0.4) is 0 Å². The third-order valence-corrected chi connectivity index (χ3v) is 5.99. The summed E-state index contributed by atoms with van der Waals surface area (Å²) in [4.78, 5) is 42.9. The zero-order valence-corrected chi connectivity index (χ0v) is 16.7. The van der Waals surface area contributed by atoms with Gasteiger partial charge in [-0.2, -0.15) is 0 Å². The third-order valence-electron chi connectivity index (χ3n) is 5.99. The summed E-state index contributed by atoms with van der Waals surface area (Å²) >= 11 is 0. The van der Waals surface area contributed by atoms with Gasteiger partial charge in [-0.3, -0.25) is 14.4 Å². The molecule has 0 fully saturated rings. The van der Waals surface area contributed by atoms with Gasteiger partial charge in [0.2, 0.25) is 11.8 Å². The molecule has 7 nitrogen and oxygen atoms in total. The predicted molar refractivity (Wildman–Crippen MR) is 113 cm³/mol. The number of hydrogen-bond donors (Lipinski definition) is 3. The lowest BCUT2D eigenvalue weighted by Crippen LogP contribution is -2.42. The fourth-order valence-electron chi connectivity index (χ4n) is 4.34. The number of nitrogens with one attached hydrogen (secondary N) is 3. The molecule has 2 aromatic carbocycles. The standard InChI is InChI=1S/C23H21FN4O3/c24-13-5-6-18-15(11-13)16-12-28(10-9-19(16)25-18)21(29)8-7-20-23(31)26-17-4-2-1-3-14(17)22(30)27-20/h1-6,11,20,25H,7-10,12H2,(H,26,31)(H,27,30)/t20-/m0/s1. The number of anilines is 1. The van der Waals surface area contributed by atoms with Crippen LogP contribution < -0.4 is 10.6 Å². The highest BCUT2D eigenvalue weighted by molar-refractivity contribution is 6.09. The second-order valence-corrected chi connectivity index (χ2v) is 7.94. The Kier molecular flexibility index (Phi) is 4.69. The van der Waals surface area contributed by atoms with Crippen molar-refractivity contribution in [1.29, 1.82) is 0 Å². The topological polar surface area (TPSA) is 94.3 Å². The van der Waals surface area contributed by atoms with Crippen molar-refractivity contribution in [2.45, 2.75) is 31.8 Å². The van der Waals surface area contributed by atoms with Crippen LogP contribution in [0.4, 0.5) is 10.1 Å². The summed E-state index contributed by atoms with van der Waals surface area (Å²) in [6, 6.07) is 10.6. The van der Waals surface area contributed by atoms with Gasteiger partial charge in [0.15, 0.2) is 0 Å². The number of rotatable bonds is 3. The van der Waals surface area contributed by atoms with E-state index in [0.29, 0.717) is 30.8 Å². The third kappa shape index (κ3) is 3.54. The Balaban J connectivity index is 1.26. The van der Waals surface area contributed by atoms with E-state index in [1.807, 2.05) is 0 Å². The van der Waals surface area contributed by atoms with Gasteiger partial charge < -0.3 is 20.5 Å². The van der Waals surface area contributed by atoms with Crippen LogP contribution in [0.25, 0.3) is 10.9 Å². The van der Waals surface area contributed by atoms with Gasteiger partial charge in [-0.05, 0) is 36.8 Å². The molecule has 2 aliphatic rings. The maximum atomic E-state index is 13.7. The Morgan fingerprint density at radius 1 is 1.16 bits per heavy atom. The highest BCUT2D eigenvalue weighted by atomic mass is 19.1. The molecule has 0 bridgehead atoms. The van der Waals surface area contributed by atoms with Gasteiger partial charge in [0.1, 0.15) is 11.9 Å². The van der Waals surface area contributed by atoms with E-state index >= 15 is 0 Å². The molecule has 8 heteroatoms. The normalized spacial score (nSPS) is 18.1. The van der Waals surface area contributed by atoms with Gasteiger partial charge >= 0.3 is 0 Å². The number of aromatic amines is 1. The molecule has 0 saturated carbocycles. The van der Waals surface area contributed by atoms with Crippen molar-refractivity contribution in [3.8, 4) is 0 Å². The monoisotopic (exact) mass is 420 g/mol. The average molecular weight is 420 g/mol. The number of carbonyl (C=O) groups is 3. The first-order valence-corrected chi connectivity index (χ1v) is 10.3. The van der Waals surface area contributed by atoms with E-state index in [9.17, 15) is 18.8 Å². The Morgan fingerprint density at radius 3 is 2.87 bits per heavy atom. The number of para-hydroxylation sites is 1. The molecule has 3 heterocycles. The summed E-state index contributed by atoms with van der Waals surface area (Å²) in [5.74, 6) is -1.08. The molecule has 0 radical (unpaired) electrons. The highest BCUT2D eigenvalue weighted by Gasteiger charge is 2.29. The molecule has 1 atom stereocenters. The lowest BCUT2D eigenvalue weighted by molar-refractivity contribution is -0.132. The smallest absolute Gasteiger partial charge is 0.254 e. The molecule has 0 unspecified atom stereocenters. The fraction of sp³-hybridized carbons (Fsp3) is 0.261. The van der Waals surface area contributed by atoms with Crippen molar-refractivity contribution in [2.75, 3.05) is 11.9 Å². The SMILES string of the molecule is O=C1N[C@@H](CCC(=O)N2CCc3[nH]c4ccc(F)cc4c3C2)C(=O)Nc2ccccc21. The quantitative estimate of drug-likeness (QED) is 0.608. The minimum Gasteiger partial charge on any atom is -0.358 e. The van der Waals surface area contributed by atoms with Crippen LogP contribution in [0, 0.1) is 5.82 Å². The maximum absolute atomic E-state index is 13.7. The summed E-state index contributed by atoms with van der Waals surface area (Å²) in [6.45, 7) is 0.947. The Labute approximate surface area is 177 Å². The molecule has 0 spiro atoms. The van der Waals surface area contributed by atoms with Gasteiger partial charge in [-0.1, -0.05) is 12.1 Å². The Bertz CT molecular complexity index is 1220. The zero-order valence-electron chi connectivity index (χ0n) is 16.7. The van der Waals surface area contributed by atoms with Crippen molar-refractivity contribution in [3.63, 3.8) is 0 Å². The number of benzene rings is 2. The largest absolute Gasteiger partial charge is 0.358 e. The number of fused-ring (bicyclic) bond motifs is 4. The van der Waals surface area contributed by atoms with Crippen LogP contribution in [0.1, 0.15) is 34.5 Å². The number of aromatic nitrogens is 1. The number of halogens is 1. The van der Waals surface area contributed by atoms with Gasteiger partial charge in [0.25, 0.3) is 5.91 Å². The second kappa shape index (κ2) is 7.54. The van der Waals surface area contributed by atoms with Gasteiger partial charge in [-0.15, -0.1) is 0 Å².